The highest BCUT2D eigenvalue weighted by molar-refractivity contribution is 5.97. The number of carbonyl (C=O) groups is 2. The summed E-state index contributed by atoms with van der Waals surface area (Å²) in [5.41, 5.74) is 0.835. The van der Waals surface area contributed by atoms with E-state index in [0.29, 0.717) is 17.7 Å². The van der Waals surface area contributed by atoms with E-state index in [4.69, 9.17) is 5.11 Å². The zero-order valence-corrected chi connectivity index (χ0v) is 10.1. The lowest BCUT2D eigenvalue weighted by Gasteiger charge is -2.11. The van der Waals surface area contributed by atoms with Gasteiger partial charge in [-0.25, -0.2) is 0 Å². The van der Waals surface area contributed by atoms with Gasteiger partial charge < -0.3 is 15.7 Å². The Balaban J connectivity index is 2.12. The number of nitrogens with zero attached hydrogens (tertiary/aromatic N) is 1. The highest BCUT2D eigenvalue weighted by Gasteiger charge is 2.23. The van der Waals surface area contributed by atoms with Crippen LogP contribution in [0.5, 0.6) is 0 Å². The van der Waals surface area contributed by atoms with Crippen LogP contribution in [-0.4, -0.2) is 41.1 Å². The van der Waals surface area contributed by atoms with Crippen molar-refractivity contribution in [3.05, 3.63) is 29.6 Å². The Bertz CT molecular complexity index is 560. The summed E-state index contributed by atoms with van der Waals surface area (Å²) in [4.78, 5) is 27.0. The van der Waals surface area contributed by atoms with Gasteiger partial charge in [0.05, 0.1) is 17.2 Å². The number of carbonyl (C=O) groups excluding carboxylic acids is 2. The van der Waals surface area contributed by atoms with Crippen molar-refractivity contribution in [1.29, 1.82) is 0 Å². The molecular formula is C13H13N3O3. The molecule has 1 unspecified atom stereocenters. The highest BCUT2D eigenvalue weighted by atomic mass is 16.2. The third kappa shape index (κ3) is 3.30. The predicted molar refractivity (Wildman–Crippen MR) is 67.1 cm³/mol. The van der Waals surface area contributed by atoms with Crippen LogP contribution in [0.3, 0.4) is 0 Å². The Kier molecular flexibility index (Phi) is 4.11. The molecule has 0 bridgehead atoms. The van der Waals surface area contributed by atoms with Gasteiger partial charge in [0.25, 0.3) is 5.91 Å². The van der Waals surface area contributed by atoms with Crippen LogP contribution in [0.25, 0.3) is 0 Å². The third-order valence-electron chi connectivity index (χ3n) is 2.68. The number of nitrogens with one attached hydrogen (secondary N) is 2. The first-order valence-electron chi connectivity index (χ1n) is 5.82. The maximum absolute atomic E-state index is 12.1. The molecule has 2 rings (SSSR count). The molecule has 1 saturated heterocycles. The molecule has 0 spiro atoms. The second-order valence-corrected chi connectivity index (χ2v) is 4.06. The summed E-state index contributed by atoms with van der Waals surface area (Å²) >= 11 is 0. The number of rotatable bonds is 2. The van der Waals surface area contributed by atoms with Crippen LogP contribution in [0.1, 0.15) is 22.3 Å². The van der Waals surface area contributed by atoms with Gasteiger partial charge in [-0.3, -0.25) is 14.6 Å². The summed E-state index contributed by atoms with van der Waals surface area (Å²) in [5.74, 6) is 4.78. The van der Waals surface area contributed by atoms with Crippen molar-refractivity contribution >= 4 is 11.8 Å². The van der Waals surface area contributed by atoms with Crippen LogP contribution >= 0.6 is 0 Å². The van der Waals surface area contributed by atoms with E-state index in [2.05, 4.69) is 27.5 Å². The van der Waals surface area contributed by atoms with Crippen molar-refractivity contribution in [3.8, 4) is 11.8 Å². The standard InChI is InChI=1S/C13H13N3O3/c17-5-1-2-9-7-14-4-3-11(9)13(19)16-10-6-12(18)15-8-10/h3-4,7,10,17H,5-6,8H2,(H,15,18)(H,16,19). The number of aliphatic hydroxyl groups is 1. The van der Waals surface area contributed by atoms with Crippen LogP contribution in [0.2, 0.25) is 0 Å². The minimum Gasteiger partial charge on any atom is -0.384 e. The number of hydrogen-bond donors (Lipinski definition) is 3. The van der Waals surface area contributed by atoms with E-state index in [9.17, 15) is 9.59 Å². The number of amides is 2. The Morgan fingerprint density at radius 3 is 3.16 bits per heavy atom. The van der Waals surface area contributed by atoms with Gasteiger partial charge in [0, 0.05) is 25.4 Å². The Hall–Kier alpha value is -2.39. The van der Waals surface area contributed by atoms with Crippen molar-refractivity contribution in [2.45, 2.75) is 12.5 Å². The van der Waals surface area contributed by atoms with Gasteiger partial charge in [0.1, 0.15) is 6.61 Å². The molecule has 6 nitrogen and oxygen atoms in total. The van der Waals surface area contributed by atoms with E-state index < -0.39 is 0 Å². The van der Waals surface area contributed by atoms with E-state index in [1.54, 1.807) is 6.07 Å². The molecule has 1 fully saturated rings. The fourth-order valence-electron chi connectivity index (χ4n) is 1.80. The molecule has 0 aliphatic carbocycles. The molecule has 1 aliphatic rings. The van der Waals surface area contributed by atoms with Crippen LogP contribution in [0, 0.1) is 11.8 Å². The Labute approximate surface area is 110 Å². The van der Waals surface area contributed by atoms with Crippen LogP contribution in [0.4, 0.5) is 0 Å². The fourth-order valence-corrected chi connectivity index (χ4v) is 1.80. The summed E-state index contributed by atoms with van der Waals surface area (Å²) in [5, 5.41) is 14.1. The molecule has 0 aromatic carbocycles. The molecule has 2 heterocycles. The summed E-state index contributed by atoms with van der Waals surface area (Å²) < 4.78 is 0. The van der Waals surface area contributed by atoms with Crippen molar-refractivity contribution in [3.63, 3.8) is 0 Å². The number of pyridine rings is 1. The first-order chi connectivity index (χ1) is 9.20. The normalized spacial score (nSPS) is 17.3. The lowest BCUT2D eigenvalue weighted by Crippen LogP contribution is -2.36. The average molecular weight is 259 g/mol. The molecule has 1 atom stereocenters. The van der Waals surface area contributed by atoms with Gasteiger partial charge in [-0.2, -0.15) is 0 Å². The molecule has 1 aromatic heterocycles. The van der Waals surface area contributed by atoms with Crippen LogP contribution in [-0.2, 0) is 4.79 Å². The summed E-state index contributed by atoms with van der Waals surface area (Å²) in [6.45, 7) is 0.157. The summed E-state index contributed by atoms with van der Waals surface area (Å²) in [6.07, 6.45) is 3.25. The second kappa shape index (κ2) is 5.98. The molecule has 2 amide bonds. The maximum Gasteiger partial charge on any atom is 0.252 e. The molecule has 19 heavy (non-hydrogen) atoms. The fraction of sp³-hybridized carbons (Fsp3) is 0.308. The number of hydrogen-bond acceptors (Lipinski definition) is 4. The van der Waals surface area contributed by atoms with Crippen LogP contribution in [0.15, 0.2) is 18.5 Å². The molecule has 6 heteroatoms. The van der Waals surface area contributed by atoms with Gasteiger partial charge >= 0.3 is 0 Å². The average Bonchev–Trinajstić information content (AvgIpc) is 2.82. The van der Waals surface area contributed by atoms with E-state index in [-0.39, 0.29) is 30.9 Å². The maximum atomic E-state index is 12.1. The summed E-state index contributed by atoms with van der Waals surface area (Å²) in [7, 11) is 0. The summed E-state index contributed by atoms with van der Waals surface area (Å²) in [6, 6.07) is 1.35. The van der Waals surface area contributed by atoms with E-state index in [1.165, 1.54) is 12.4 Å². The molecule has 1 aromatic rings. The highest BCUT2D eigenvalue weighted by Crippen LogP contribution is 2.07. The lowest BCUT2D eigenvalue weighted by molar-refractivity contribution is -0.119. The zero-order chi connectivity index (χ0) is 13.7. The smallest absolute Gasteiger partial charge is 0.252 e. The first-order valence-corrected chi connectivity index (χ1v) is 5.82. The second-order valence-electron chi connectivity index (χ2n) is 4.06. The molecule has 98 valence electrons. The van der Waals surface area contributed by atoms with E-state index >= 15 is 0 Å². The predicted octanol–water partition coefficient (Wildman–Crippen LogP) is -0.956. The minimum absolute atomic E-state index is 0.0691. The molecule has 1 aliphatic heterocycles. The van der Waals surface area contributed by atoms with E-state index in [1.807, 2.05) is 0 Å². The van der Waals surface area contributed by atoms with Gasteiger partial charge in [0.15, 0.2) is 0 Å². The molecule has 0 saturated carbocycles. The first kappa shape index (κ1) is 13.1. The minimum atomic E-state index is -0.300. The van der Waals surface area contributed by atoms with E-state index in [0.717, 1.165) is 0 Å². The van der Waals surface area contributed by atoms with Gasteiger partial charge in [-0.15, -0.1) is 0 Å². The topological polar surface area (TPSA) is 91.3 Å². The van der Waals surface area contributed by atoms with Gasteiger partial charge in [-0.05, 0) is 6.07 Å². The number of aliphatic hydroxyl groups excluding tert-OH is 1. The van der Waals surface area contributed by atoms with Crippen LogP contribution < -0.4 is 10.6 Å². The SMILES string of the molecule is O=C1CC(NC(=O)c2ccncc2C#CCO)CN1. The monoisotopic (exact) mass is 259 g/mol. The van der Waals surface area contributed by atoms with Crippen molar-refractivity contribution < 1.29 is 14.7 Å². The van der Waals surface area contributed by atoms with Crippen molar-refractivity contribution in [2.24, 2.45) is 0 Å². The molecule has 0 radical (unpaired) electrons. The largest absolute Gasteiger partial charge is 0.384 e. The van der Waals surface area contributed by atoms with Gasteiger partial charge in [0.2, 0.25) is 5.91 Å². The zero-order valence-electron chi connectivity index (χ0n) is 10.1. The third-order valence-corrected chi connectivity index (χ3v) is 2.68. The Morgan fingerprint density at radius 2 is 2.47 bits per heavy atom. The van der Waals surface area contributed by atoms with Gasteiger partial charge in [-0.1, -0.05) is 11.8 Å². The Morgan fingerprint density at radius 1 is 1.63 bits per heavy atom. The molecule has 3 N–H and O–H groups in total. The molecular weight excluding hydrogens is 246 g/mol. The number of aromatic nitrogens is 1. The van der Waals surface area contributed by atoms with Crippen molar-refractivity contribution in [1.82, 2.24) is 15.6 Å². The lowest BCUT2D eigenvalue weighted by atomic mass is 10.1. The quantitative estimate of drug-likeness (QED) is 0.597. The van der Waals surface area contributed by atoms with Crippen molar-refractivity contribution in [2.75, 3.05) is 13.2 Å².